The lowest BCUT2D eigenvalue weighted by molar-refractivity contribution is 0.533. The number of sulfonamides is 1. The van der Waals surface area contributed by atoms with Crippen LogP contribution < -0.4 is 0 Å². The van der Waals surface area contributed by atoms with Gasteiger partial charge in [0, 0.05) is 0 Å². The molecule has 0 fully saturated rings. The van der Waals surface area contributed by atoms with E-state index in [9.17, 15) is 8.42 Å². The minimum atomic E-state index is -3.18. The van der Waals surface area contributed by atoms with Crippen LogP contribution in [-0.4, -0.2) is 35.8 Å². The predicted octanol–water partition coefficient (Wildman–Crippen LogP) is -0.322. The summed E-state index contributed by atoms with van der Waals surface area (Å²) >= 11 is 1.23. The van der Waals surface area contributed by atoms with Crippen molar-refractivity contribution in [1.29, 1.82) is 0 Å². The molecule has 0 atom stereocenters. The van der Waals surface area contributed by atoms with Gasteiger partial charge in [0.2, 0.25) is 5.17 Å². The van der Waals surface area contributed by atoms with Gasteiger partial charge < -0.3 is 0 Å². The van der Waals surface area contributed by atoms with Gasteiger partial charge in [0.25, 0.3) is 10.0 Å². The van der Waals surface area contributed by atoms with E-state index in [1.165, 1.54) is 17.3 Å². The predicted molar refractivity (Wildman–Crippen MR) is 44.0 cm³/mol. The fraction of sp³-hybridized carbons (Fsp3) is 0.500. The van der Waals surface area contributed by atoms with Gasteiger partial charge in [0.15, 0.2) is 0 Å². The SMILES string of the molecule is O=S1(=O)CCN=C2SC=NN21. The summed E-state index contributed by atoms with van der Waals surface area (Å²) < 4.78 is 23.3. The smallest absolute Gasteiger partial charge is 0.258 e. The van der Waals surface area contributed by atoms with Crippen LogP contribution in [-0.2, 0) is 10.0 Å². The molecule has 5 nitrogen and oxygen atoms in total. The van der Waals surface area contributed by atoms with Crippen molar-refractivity contribution in [3.8, 4) is 0 Å². The van der Waals surface area contributed by atoms with Crippen molar-refractivity contribution in [2.75, 3.05) is 12.3 Å². The van der Waals surface area contributed by atoms with Crippen LogP contribution in [0.15, 0.2) is 10.1 Å². The van der Waals surface area contributed by atoms with Gasteiger partial charge in [-0.2, -0.15) is 5.10 Å². The number of fused-ring (bicyclic) bond motifs is 1. The minimum Gasteiger partial charge on any atom is -0.259 e. The van der Waals surface area contributed by atoms with E-state index in [0.717, 1.165) is 4.41 Å². The number of amidine groups is 1. The van der Waals surface area contributed by atoms with Gasteiger partial charge in [-0.1, -0.05) is 0 Å². The summed E-state index contributed by atoms with van der Waals surface area (Å²) in [5.74, 6) is 0.0639. The van der Waals surface area contributed by atoms with Crippen LogP contribution in [0.25, 0.3) is 0 Å². The lowest BCUT2D eigenvalue weighted by Crippen LogP contribution is -2.34. The van der Waals surface area contributed by atoms with Crippen LogP contribution in [0.3, 0.4) is 0 Å². The maximum absolute atomic E-state index is 11.2. The lowest BCUT2D eigenvalue weighted by atomic mass is 10.8. The van der Waals surface area contributed by atoms with Gasteiger partial charge >= 0.3 is 0 Å². The Labute approximate surface area is 68.2 Å². The molecule has 7 heteroatoms. The molecule has 0 aromatic rings. The molecule has 2 aliphatic heterocycles. The molecule has 0 aliphatic carbocycles. The van der Waals surface area contributed by atoms with Crippen LogP contribution in [0.5, 0.6) is 0 Å². The zero-order chi connectivity index (χ0) is 7.90. The monoisotopic (exact) mass is 191 g/mol. The molecule has 0 aromatic heterocycles. The molecular formula is C4H5N3O2S2. The van der Waals surface area contributed by atoms with E-state index in [1.54, 1.807) is 0 Å². The van der Waals surface area contributed by atoms with Crippen LogP contribution in [0.4, 0.5) is 0 Å². The highest BCUT2D eigenvalue weighted by atomic mass is 32.2. The molecule has 0 amide bonds. The Morgan fingerprint density at radius 3 is 3.18 bits per heavy atom. The van der Waals surface area contributed by atoms with Gasteiger partial charge in [-0.15, -0.1) is 4.41 Å². The van der Waals surface area contributed by atoms with Gasteiger partial charge in [-0.05, 0) is 11.8 Å². The maximum Gasteiger partial charge on any atom is 0.258 e. The van der Waals surface area contributed by atoms with Crippen LogP contribution in [0.2, 0.25) is 0 Å². The molecule has 0 saturated carbocycles. The van der Waals surface area contributed by atoms with E-state index in [0.29, 0.717) is 11.7 Å². The summed E-state index contributed by atoms with van der Waals surface area (Å²) in [6, 6.07) is 0. The van der Waals surface area contributed by atoms with E-state index in [-0.39, 0.29) is 5.75 Å². The second kappa shape index (κ2) is 2.21. The summed E-state index contributed by atoms with van der Waals surface area (Å²) in [6.45, 7) is 0.352. The molecule has 0 unspecified atom stereocenters. The first-order chi connectivity index (χ1) is 5.20. The zero-order valence-electron chi connectivity index (χ0n) is 5.47. The highest BCUT2D eigenvalue weighted by Gasteiger charge is 2.31. The van der Waals surface area contributed by atoms with Crippen LogP contribution in [0.1, 0.15) is 0 Å². The fourth-order valence-corrected chi connectivity index (χ4v) is 2.89. The molecule has 0 saturated heterocycles. The molecule has 0 aromatic carbocycles. The standard InChI is InChI=1S/C4H5N3O2S2/c8-11(9)2-1-5-4-7(11)6-3-10-4/h3H,1-2H2. The van der Waals surface area contributed by atoms with Crippen molar-refractivity contribution in [2.45, 2.75) is 0 Å². The third kappa shape index (κ3) is 1.04. The normalized spacial score (nSPS) is 26.5. The molecule has 2 rings (SSSR count). The van der Waals surface area contributed by atoms with Crippen molar-refractivity contribution in [3.05, 3.63) is 0 Å². The average molecular weight is 191 g/mol. The van der Waals surface area contributed by atoms with E-state index in [4.69, 9.17) is 0 Å². The molecule has 11 heavy (non-hydrogen) atoms. The molecule has 2 aliphatic rings. The number of nitrogens with zero attached hydrogens (tertiary/aromatic N) is 3. The van der Waals surface area contributed by atoms with Crippen molar-refractivity contribution in [3.63, 3.8) is 0 Å². The Morgan fingerprint density at radius 1 is 1.64 bits per heavy atom. The molecule has 2 heterocycles. The number of aliphatic imine (C=N–C) groups is 1. The fourth-order valence-electron chi connectivity index (χ4n) is 0.840. The number of hydrogen-bond donors (Lipinski definition) is 0. The number of thioether (sulfide) groups is 1. The summed E-state index contributed by atoms with van der Waals surface area (Å²) in [6.07, 6.45) is 0. The van der Waals surface area contributed by atoms with Crippen molar-refractivity contribution >= 4 is 32.5 Å². The Morgan fingerprint density at radius 2 is 2.45 bits per heavy atom. The summed E-state index contributed by atoms with van der Waals surface area (Å²) in [5.41, 5.74) is 1.47. The average Bonchev–Trinajstić information content (AvgIpc) is 2.34. The van der Waals surface area contributed by atoms with Gasteiger partial charge in [-0.3, -0.25) is 4.99 Å². The van der Waals surface area contributed by atoms with Gasteiger partial charge in [0.05, 0.1) is 17.8 Å². The van der Waals surface area contributed by atoms with E-state index in [1.807, 2.05) is 0 Å². The summed E-state index contributed by atoms with van der Waals surface area (Å²) in [5, 5.41) is 4.13. The van der Waals surface area contributed by atoms with E-state index < -0.39 is 10.0 Å². The van der Waals surface area contributed by atoms with Gasteiger partial charge in [0.1, 0.15) is 0 Å². The maximum atomic E-state index is 11.2. The van der Waals surface area contributed by atoms with Crippen LogP contribution in [0, 0.1) is 0 Å². The second-order valence-corrected chi connectivity index (χ2v) is 4.79. The lowest BCUT2D eigenvalue weighted by Gasteiger charge is -2.17. The van der Waals surface area contributed by atoms with Crippen molar-refractivity contribution in [2.24, 2.45) is 10.1 Å². The Bertz CT molecular complexity index is 331. The topological polar surface area (TPSA) is 62.1 Å². The largest absolute Gasteiger partial charge is 0.259 e. The third-order valence-electron chi connectivity index (χ3n) is 1.33. The van der Waals surface area contributed by atoms with Gasteiger partial charge in [-0.25, -0.2) is 8.42 Å². The highest BCUT2D eigenvalue weighted by molar-refractivity contribution is 8.26. The molecule has 0 spiro atoms. The quantitative estimate of drug-likeness (QED) is 0.527. The second-order valence-electron chi connectivity index (χ2n) is 2.06. The van der Waals surface area contributed by atoms with Crippen LogP contribution >= 0.6 is 11.8 Å². The molecule has 0 bridgehead atoms. The highest BCUT2D eigenvalue weighted by Crippen LogP contribution is 2.21. The first-order valence-electron chi connectivity index (χ1n) is 2.97. The Balaban J connectivity index is 2.48. The molecule has 60 valence electrons. The Kier molecular flexibility index (Phi) is 1.43. The van der Waals surface area contributed by atoms with Crippen molar-refractivity contribution in [1.82, 2.24) is 4.41 Å². The van der Waals surface area contributed by atoms with Crippen molar-refractivity contribution < 1.29 is 8.42 Å². The molecule has 0 N–H and O–H groups in total. The third-order valence-corrected chi connectivity index (χ3v) is 3.65. The van der Waals surface area contributed by atoms with E-state index >= 15 is 0 Å². The molecule has 0 radical (unpaired) electrons. The number of rotatable bonds is 0. The van der Waals surface area contributed by atoms with E-state index in [2.05, 4.69) is 10.1 Å². The summed E-state index contributed by atoms with van der Waals surface area (Å²) in [7, 11) is -3.18. The number of hydrogen-bond acceptors (Lipinski definition) is 5. The zero-order valence-corrected chi connectivity index (χ0v) is 7.10. The minimum absolute atomic E-state index is 0.0639. The number of hydrazone groups is 1. The first-order valence-corrected chi connectivity index (χ1v) is 5.45. The molecular weight excluding hydrogens is 186 g/mol. The Hall–Kier alpha value is -0.560. The first kappa shape index (κ1) is 7.11. The summed E-state index contributed by atoms with van der Waals surface area (Å²) in [4.78, 5) is 3.99.